The van der Waals surface area contributed by atoms with Crippen LogP contribution in [0.2, 0.25) is 0 Å². The Kier molecular flexibility index (Phi) is 4.68. The third kappa shape index (κ3) is 2.97. The zero-order valence-corrected chi connectivity index (χ0v) is 19.9. The summed E-state index contributed by atoms with van der Waals surface area (Å²) >= 11 is 8.30. The van der Waals surface area contributed by atoms with Gasteiger partial charge in [-0.2, -0.15) is 0 Å². The molecule has 0 radical (unpaired) electrons. The molecule has 0 aliphatic carbocycles. The Hall–Kier alpha value is -2.29. The molecular weight excluding hydrogens is 532 g/mol. The first-order chi connectivity index (χ1) is 14.3. The summed E-state index contributed by atoms with van der Waals surface area (Å²) in [5.74, 6) is -0.276. The van der Waals surface area contributed by atoms with Crippen LogP contribution in [0.4, 0.5) is 5.13 Å². The second-order valence-electron chi connectivity index (χ2n) is 7.08. The van der Waals surface area contributed by atoms with Crippen LogP contribution in [0.25, 0.3) is 11.0 Å². The number of nitrogens with zero attached hydrogens (tertiary/aromatic N) is 2. The van der Waals surface area contributed by atoms with Crippen molar-refractivity contribution in [3.63, 3.8) is 0 Å². The van der Waals surface area contributed by atoms with Gasteiger partial charge < -0.3 is 4.42 Å². The maximum absolute atomic E-state index is 13.5. The summed E-state index contributed by atoms with van der Waals surface area (Å²) in [6.07, 6.45) is 0. The van der Waals surface area contributed by atoms with Crippen molar-refractivity contribution >= 4 is 65.2 Å². The van der Waals surface area contributed by atoms with Crippen molar-refractivity contribution in [2.24, 2.45) is 0 Å². The normalized spacial score (nSPS) is 15.8. The molecule has 1 aliphatic rings. The van der Waals surface area contributed by atoms with E-state index in [9.17, 15) is 9.59 Å². The topological polar surface area (TPSA) is 63.4 Å². The fraction of sp³-hybridized carbons (Fsp3) is 0.136. The number of anilines is 1. The molecule has 0 fully saturated rings. The smallest absolute Gasteiger partial charge is 0.297 e. The number of rotatable bonds is 2. The Balaban J connectivity index is 1.82. The van der Waals surface area contributed by atoms with Crippen LogP contribution in [0.1, 0.15) is 38.3 Å². The number of fused-ring (bicyclic) bond motifs is 2. The van der Waals surface area contributed by atoms with Gasteiger partial charge in [-0.15, -0.1) is 11.3 Å². The van der Waals surface area contributed by atoms with Gasteiger partial charge >= 0.3 is 0 Å². The molecule has 5 rings (SSSR count). The Morgan fingerprint density at radius 2 is 1.73 bits per heavy atom. The van der Waals surface area contributed by atoms with E-state index < -0.39 is 6.04 Å². The molecule has 150 valence electrons. The van der Waals surface area contributed by atoms with E-state index in [1.54, 1.807) is 23.1 Å². The van der Waals surface area contributed by atoms with Crippen molar-refractivity contribution in [3.05, 3.63) is 89.1 Å². The first-order valence-corrected chi connectivity index (χ1v) is 11.5. The van der Waals surface area contributed by atoms with E-state index in [0.29, 0.717) is 21.7 Å². The first-order valence-electron chi connectivity index (χ1n) is 9.14. The minimum atomic E-state index is -0.606. The van der Waals surface area contributed by atoms with E-state index in [1.165, 1.54) is 11.3 Å². The standard InChI is InChI=1S/C22H14Br2N2O3S/c1-10-11(2)30-22(25-10)26-18(12-3-5-13(23)6-4-12)17-19(27)15-9-14(24)7-8-16(15)29-20(17)21(26)28/h3-9,18H,1-2H3/t18-/m0/s1. The number of aryl methyl sites for hydroxylation is 2. The Morgan fingerprint density at radius 1 is 1.03 bits per heavy atom. The average molecular weight is 546 g/mol. The van der Waals surface area contributed by atoms with Crippen molar-refractivity contribution in [2.45, 2.75) is 19.9 Å². The van der Waals surface area contributed by atoms with Gasteiger partial charge in [0.15, 0.2) is 10.6 Å². The largest absolute Gasteiger partial charge is 0.450 e. The van der Waals surface area contributed by atoms with Crippen LogP contribution >= 0.6 is 43.2 Å². The van der Waals surface area contributed by atoms with E-state index >= 15 is 0 Å². The summed E-state index contributed by atoms with van der Waals surface area (Å²) in [6.45, 7) is 3.88. The SMILES string of the molecule is Cc1nc(N2C(=O)c3oc4ccc(Br)cc4c(=O)c3[C@@H]2c2ccc(Br)cc2)sc1C. The molecule has 1 amide bonds. The number of thiazole rings is 1. The van der Waals surface area contributed by atoms with E-state index in [4.69, 9.17) is 4.42 Å². The second kappa shape index (κ2) is 7.14. The Labute approximate surface area is 192 Å². The van der Waals surface area contributed by atoms with E-state index in [-0.39, 0.29) is 17.1 Å². The van der Waals surface area contributed by atoms with Gasteiger partial charge in [0, 0.05) is 13.8 Å². The van der Waals surface area contributed by atoms with Gasteiger partial charge in [-0.3, -0.25) is 14.5 Å². The van der Waals surface area contributed by atoms with Gasteiger partial charge in [0.25, 0.3) is 5.91 Å². The molecule has 1 aliphatic heterocycles. The second-order valence-corrected chi connectivity index (χ2v) is 10.1. The first kappa shape index (κ1) is 19.7. The molecular formula is C22H14Br2N2O3S. The van der Waals surface area contributed by atoms with Crippen LogP contribution in [-0.4, -0.2) is 10.9 Å². The zero-order chi connectivity index (χ0) is 21.2. The molecule has 2 aromatic heterocycles. The van der Waals surface area contributed by atoms with Crippen molar-refractivity contribution in [2.75, 3.05) is 4.90 Å². The molecule has 8 heteroatoms. The predicted octanol–water partition coefficient (Wildman–Crippen LogP) is 6.14. The maximum atomic E-state index is 13.5. The van der Waals surface area contributed by atoms with Crippen molar-refractivity contribution < 1.29 is 9.21 Å². The average Bonchev–Trinajstić information content (AvgIpc) is 3.20. The molecule has 0 unspecified atom stereocenters. The van der Waals surface area contributed by atoms with Crippen LogP contribution in [0, 0.1) is 13.8 Å². The summed E-state index contributed by atoms with van der Waals surface area (Å²) < 4.78 is 7.66. The number of halogens is 2. The lowest BCUT2D eigenvalue weighted by Gasteiger charge is -2.22. The third-order valence-electron chi connectivity index (χ3n) is 5.24. The molecule has 0 saturated heterocycles. The number of hydrogen-bond donors (Lipinski definition) is 0. The maximum Gasteiger partial charge on any atom is 0.297 e. The minimum Gasteiger partial charge on any atom is -0.450 e. The van der Waals surface area contributed by atoms with Crippen LogP contribution in [0.15, 0.2) is 60.6 Å². The molecule has 0 bridgehead atoms. The molecule has 5 nitrogen and oxygen atoms in total. The summed E-state index contributed by atoms with van der Waals surface area (Å²) in [4.78, 5) is 34.2. The molecule has 4 aromatic rings. The van der Waals surface area contributed by atoms with Gasteiger partial charge in [0.05, 0.1) is 22.7 Å². The number of benzene rings is 2. The van der Waals surface area contributed by atoms with Crippen LogP contribution in [-0.2, 0) is 0 Å². The van der Waals surface area contributed by atoms with Crippen molar-refractivity contribution in [3.8, 4) is 0 Å². The summed E-state index contributed by atoms with van der Waals surface area (Å²) in [5, 5.41) is 0.991. The van der Waals surface area contributed by atoms with Crippen LogP contribution in [0.3, 0.4) is 0 Å². The van der Waals surface area contributed by atoms with E-state index in [2.05, 4.69) is 36.8 Å². The van der Waals surface area contributed by atoms with Gasteiger partial charge in [-0.1, -0.05) is 44.0 Å². The van der Waals surface area contributed by atoms with Crippen molar-refractivity contribution in [1.82, 2.24) is 4.98 Å². The van der Waals surface area contributed by atoms with Gasteiger partial charge in [-0.05, 0) is 49.7 Å². The van der Waals surface area contributed by atoms with Gasteiger partial charge in [0.1, 0.15) is 5.58 Å². The molecule has 1 atom stereocenters. The highest BCUT2D eigenvalue weighted by Crippen LogP contribution is 2.43. The summed E-state index contributed by atoms with van der Waals surface area (Å²) in [5.41, 5.74) is 2.21. The lowest BCUT2D eigenvalue weighted by Crippen LogP contribution is -2.29. The highest BCUT2D eigenvalue weighted by Gasteiger charge is 2.45. The number of carbonyl (C=O) groups is 1. The molecule has 30 heavy (non-hydrogen) atoms. The minimum absolute atomic E-state index is 0.0771. The van der Waals surface area contributed by atoms with Gasteiger partial charge in [0.2, 0.25) is 5.76 Å². The predicted molar refractivity (Wildman–Crippen MR) is 125 cm³/mol. The zero-order valence-electron chi connectivity index (χ0n) is 15.9. The summed E-state index contributed by atoms with van der Waals surface area (Å²) in [6, 6.07) is 12.2. The molecule has 0 spiro atoms. The fourth-order valence-corrected chi connectivity index (χ4v) is 5.22. The molecule has 3 heterocycles. The van der Waals surface area contributed by atoms with Crippen molar-refractivity contribution in [1.29, 1.82) is 0 Å². The quantitative estimate of drug-likeness (QED) is 0.303. The molecule has 2 aromatic carbocycles. The van der Waals surface area contributed by atoms with Crippen LogP contribution in [0.5, 0.6) is 0 Å². The number of amides is 1. The summed E-state index contributed by atoms with van der Waals surface area (Å²) in [7, 11) is 0. The highest BCUT2D eigenvalue weighted by atomic mass is 79.9. The fourth-order valence-electron chi connectivity index (χ4n) is 3.66. The lowest BCUT2D eigenvalue weighted by atomic mass is 9.99. The van der Waals surface area contributed by atoms with E-state index in [1.807, 2.05) is 38.1 Å². The number of carbonyl (C=O) groups excluding carboxylic acids is 1. The lowest BCUT2D eigenvalue weighted by molar-refractivity contribution is 0.0971. The Morgan fingerprint density at radius 3 is 2.40 bits per heavy atom. The molecule has 0 N–H and O–H groups in total. The number of aromatic nitrogens is 1. The monoisotopic (exact) mass is 544 g/mol. The Bertz CT molecular complexity index is 1370. The molecule has 0 saturated carbocycles. The van der Waals surface area contributed by atoms with E-state index in [0.717, 1.165) is 25.1 Å². The number of hydrogen-bond acceptors (Lipinski definition) is 5. The third-order valence-corrected chi connectivity index (χ3v) is 7.34. The van der Waals surface area contributed by atoms with Crippen LogP contribution < -0.4 is 10.3 Å². The van der Waals surface area contributed by atoms with Gasteiger partial charge in [-0.25, -0.2) is 4.98 Å². The highest BCUT2D eigenvalue weighted by molar-refractivity contribution is 9.10.